The van der Waals surface area contributed by atoms with Gasteiger partial charge in [-0.3, -0.25) is 0 Å². The predicted molar refractivity (Wildman–Crippen MR) is 76.5 cm³/mol. The molecule has 3 N–H and O–H groups in total. The molecule has 0 bridgehead atoms. The summed E-state index contributed by atoms with van der Waals surface area (Å²) in [6, 6.07) is 14.9. The van der Waals surface area contributed by atoms with Gasteiger partial charge in [0.25, 0.3) is 0 Å². The van der Waals surface area contributed by atoms with Crippen LogP contribution in [0.1, 0.15) is 12.5 Å². The van der Waals surface area contributed by atoms with E-state index in [1.807, 2.05) is 31.2 Å². The Bertz CT molecular complexity index is 617. The van der Waals surface area contributed by atoms with Crippen molar-refractivity contribution in [2.24, 2.45) is 0 Å². The highest BCUT2D eigenvalue weighted by Gasteiger charge is 2.02. The number of nitriles is 1. The molecule has 0 amide bonds. The van der Waals surface area contributed by atoms with Crippen molar-refractivity contribution in [3.8, 4) is 11.8 Å². The van der Waals surface area contributed by atoms with E-state index in [0.717, 1.165) is 17.1 Å². The largest absolute Gasteiger partial charge is 0.494 e. The molecule has 0 aliphatic carbocycles. The fourth-order valence-corrected chi connectivity index (χ4v) is 1.73. The molecule has 96 valence electrons. The molecule has 0 aromatic heterocycles. The number of nitrogen functional groups attached to an aromatic ring is 1. The van der Waals surface area contributed by atoms with E-state index in [0.29, 0.717) is 17.9 Å². The van der Waals surface area contributed by atoms with Gasteiger partial charge in [-0.15, -0.1) is 0 Å². The second-order valence-electron chi connectivity index (χ2n) is 4.00. The maximum atomic E-state index is 8.80. The van der Waals surface area contributed by atoms with Gasteiger partial charge in [-0.25, -0.2) is 0 Å². The lowest BCUT2D eigenvalue weighted by atomic mass is 10.2. The van der Waals surface area contributed by atoms with Crippen molar-refractivity contribution in [3.63, 3.8) is 0 Å². The molecule has 0 heterocycles. The quantitative estimate of drug-likeness (QED) is 0.820. The van der Waals surface area contributed by atoms with Crippen LogP contribution >= 0.6 is 0 Å². The third-order valence-corrected chi connectivity index (χ3v) is 2.60. The minimum atomic E-state index is 0.542. The number of rotatable bonds is 4. The molecule has 0 atom stereocenters. The number of anilines is 3. The van der Waals surface area contributed by atoms with E-state index >= 15 is 0 Å². The van der Waals surface area contributed by atoms with Crippen molar-refractivity contribution in [1.29, 1.82) is 5.26 Å². The van der Waals surface area contributed by atoms with Gasteiger partial charge in [0.1, 0.15) is 5.75 Å². The van der Waals surface area contributed by atoms with Gasteiger partial charge in [0.15, 0.2) is 0 Å². The van der Waals surface area contributed by atoms with Gasteiger partial charge in [-0.1, -0.05) is 6.07 Å². The lowest BCUT2D eigenvalue weighted by molar-refractivity contribution is 0.340. The Kier molecular flexibility index (Phi) is 3.89. The van der Waals surface area contributed by atoms with Gasteiger partial charge in [-0.2, -0.15) is 5.26 Å². The molecule has 4 nitrogen and oxygen atoms in total. The second kappa shape index (κ2) is 5.78. The summed E-state index contributed by atoms with van der Waals surface area (Å²) in [5.41, 5.74) is 8.65. The number of nitrogens with two attached hydrogens (primary N) is 1. The summed E-state index contributed by atoms with van der Waals surface area (Å²) in [6.07, 6.45) is 0. The van der Waals surface area contributed by atoms with Crippen LogP contribution in [0.15, 0.2) is 42.5 Å². The summed E-state index contributed by atoms with van der Waals surface area (Å²) in [4.78, 5) is 0. The summed E-state index contributed by atoms with van der Waals surface area (Å²) >= 11 is 0. The van der Waals surface area contributed by atoms with Crippen LogP contribution in [0.2, 0.25) is 0 Å². The van der Waals surface area contributed by atoms with E-state index in [1.165, 1.54) is 0 Å². The smallest absolute Gasteiger partial charge is 0.121 e. The average molecular weight is 253 g/mol. The van der Waals surface area contributed by atoms with Gasteiger partial charge in [0.05, 0.1) is 29.6 Å². The SMILES string of the molecule is CCOc1cccc(Nc2ccc(C#N)cc2N)c1. The maximum absolute atomic E-state index is 8.80. The Morgan fingerprint density at radius 1 is 1.26 bits per heavy atom. The minimum absolute atomic E-state index is 0.542. The molecule has 2 rings (SSSR count). The fourth-order valence-electron chi connectivity index (χ4n) is 1.73. The first-order valence-corrected chi connectivity index (χ1v) is 6.02. The Balaban J connectivity index is 2.21. The van der Waals surface area contributed by atoms with Crippen molar-refractivity contribution in [1.82, 2.24) is 0 Å². The van der Waals surface area contributed by atoms with Gasteiger partial charge < -0.3 is 15.8 Å². The minimum Gasteiger partial charge on any atom is -0.494 e. The van der Waals surface area contributed by atoms with E-state index in [4.69, 9.17) is 15.7 Å². The number of nitrogens with zero attached hydrogens (tertiary/aromatic N) is 1. The van der Waals surface area contributed by atoms with Crippen LogP contribution in [-0.2, 0) is 0 Å². The summed E-state index contributed by atoms with van der Waals surface area (Å²) in [5.74, 6) is 0.805. The van der Waals surface area contributed by atoms with Crippen molar-refractivity contribution >= 4 is 17.1 Å². The number of hydrogen-bond acceptors (Lipinski definition) is 4. The molecule has 0 radical (unpaired) electrons. The first kappa shape index (κ1) is 12.8. The second-order valence-corrected chi connectivity index (χ2v) is 4.00. The zero-order chi connectivity index (χ0) is 13.7. The zero-order valence-electron chi connectivity index (χ0n) is 10.7. The molecule has 19 heavy (non-hydrogen) atoms. The highest BCUT2D eigenvalue weighted by Crippen LogP contribution is 2.26. The van der Waals surface area contributed by atoms with Crippen molar-refractivity contribution < 1.29 is 4.74 Å². The van der Waals surface area contributed by atoms with E-state index < -0.39 is 0 Å². The third-order valence-electron chi connectivity index (χ3n) is 2.60. The van der Waals surface area contributed by atoms with Crippen LogP contribution in [0.3, 0.4) is 0 Å². The molecule has 0 aliphatic rings. The average Bonchev–Trinajstić information content (AvgIpc) is 2.42. The van der Waals surface area contributed by atoms with Crippen molar-refractivity contribution in [2.45, 2.75) is 6.92 Å². The molecule has 2 aromatic rings. The Hall–Kier alpha value is -2.67. The van der Waals surface area contributed by atoms with Gasteiger partial charge >= 0.3 is 0 Å². The maximum Gasteiger partial charge on any atom is 0.121 e. The van der Waals surface area contributed by atoms with Gasteiger partial charge in [-0.05, 0) is 37.3 Å². The number of ether oxygens (including phenoxy) is 1. The molecule has 0 saturated heterocycles. The molecule has 0 unspecified atom stereocenters. The Labute approximate surface area is 112 Å². The summed E-state index contributed by atoms with van der Waals surface area (Å²) in [6.45, 7) is 2.57. The zero-order valence-corrected chi connectivity index (χ0v) is 10.7. The lowest BCUT2D eigenvalue weighted by Gasteiger charge is -2.11. The molecule has 4 heteroatoms. The van der Waals surface area contributed by atoms with Crippen LogP contribution in [0.25, 0.3) is 0 Å². The standard InChI is InChI=1S/C15H15N3O/c1-2-19-13-5-3-4-12(9-13)18-15-7-6-11(10-16)8-14(15)17/h3-9,18H,2,17H2,1H3. The van der Waals surface area contributed by atoms with Crippen LogP contribution < -0.4 is 15.8 Å². The Morgan fingerprint density at radius 3 is 2.79 bits per heavy atom. The van der Waals surface area contributed by atoms with Crippen molar-refractivity contribution in [2.75, 3.05) is 17.7 Å². The van der Waals surface area contributed by atoms with E-state index in [9.17, 15) is 0 Å². The molecular formula is C15H15N3O. The number of nitrogens with one attached hydrogen (secondary N) is 1. The molecular weight excluding hydrogens is 238 g/mol. The molecule has 0 aliphatic heterocycles. The molecule has 0 saturated carbocycles. The monoisotopic (exact) mass is 253 g/mol. The van der Waals surface area contributed by atoms with E-state index in [2.05, 4.69) is 11.4 Å². The number of benzene rings is 2. The Morgan fingerprint density at radius 2 is 2.11 bits per heavy atom. The first-order valence-electron chi connectivity index (χ1n) is 6.02. The third kappa shape index (κ3) is 3.17. The van der Waals surface area contributed by atoms with Crippen LogP contribution in [0, 0.1) is 11.3 Å². The normalized spacial score (nSPS) is 9.68. The van der Waals surface area contributed by atoms with E-state index in [1.54, 1.807) is 18.2 Å². The highest BCUT2D eigenvalue weighted by molar-refractivity contribution is 5.74. The summed E-state index contributed by atoms with van der Waals surface area (Å²) in [5, 5.41) is 12.0. The van der Waals surface area contributed by atoms with Crippen LogP contribution in [0.4, 0.5) is 17.1 Å². The van der Waals surface area contributed by atoms with E-state index in [-0.39, 0.29) is 0 Å². The number of hydrogen-bond donors (Lipinski definition) is 2. The summed E-state index contributed by atoms with van der Waals surface area (Å²) in [7, 11) is 0. The van der Waals surface area contributed by atoms with Crippen LogP contribution in [-0.4, -0.2) is 6.61 Å². The molecule has 0 spiro atoms. The van der Waals surface area contributed by atoms with Gasteiger partial charge in [0.2, 0.25) is 0 Å². The van der Waals surface area contributed by atoms with Gasteiger partial charge in [0, 0.05) is 11.8 Å². The van der Waals surface area contributed by atoms with Crippen LogP contribution in [0.5, 0.6) is 5.75 Å². The topological polar surface area (TPSA) is 71.1 Å². The summed E-state index contributed by atoms with van der Waals surface area (Å²) < 4.78 is 5.44. The van der Waals surface area contributed by atoms with Crippen molar-refractivity contribution in [3.05, 3.63) is 48.0 Å². The highest BCUT2D eigenvalue weighted by atomic mass is 16.5. The lowest BCUT2D eigenvalue weighted by Crippen LogP contribution is -1.97. The predicted octanol–water partition coefficient (Wildman–Crippen LogP) is 3.28. The fraction of sp³-hybridized carbons (Fsp3) is 0.133. The molecule has 0 fully saturated rings. The first-order chi connectivity index (χ1) is 9.22. The molecule has 2 aromatic carbocycles.